The number of furan rings is 1. The quantitative estimate of drug-likeness (QED) is 0.570. The lowest BCUT2D eigenvalue weighted by atomic mass is 9.87. The Kier molecular flexibility index (Phi) is 6.37. The highest BCUT2D eigenvalue weighted by molar-refractivity contribution is 5.90. The van der Waals surface area contributed by atoms with Gasteiger partial charge in [0.25, 0.3) is 0 Å². The fourth-order valence-electron chi connectivity index (χ4n) is 2.50. The van der Waals surface area contributed by atoms with Crippen LogP contribution in [0.2, 0.25) is 0 Å². The van der Waals surface area contributed by atoms with E-state index in [9.17, 15) is 19.5 Å². The number of carboxylic acid groups (broad SMARTS) is 1. The van der Waals surface area contributed by atoms with E-state index >= 15 is 0 Å². The zero-order valence-corrected chi connectivity index (χ0v) is 14.3. The van der Waals surface area contributed by atoms with Gasteiger partial charge in [0.15, 0.2) is 5.54 Å². The number of carbonyl (C=O) groups is 3. The monoisotopic (exact) mass is 359 g/mol. The first-order chi connectivity index (χ1) is 12.5. The van der Waals surface area contributed by atoms with Crippen LogP contribution in [0, 0.1) is 0 Å². The third kappa shape index (κ3) is 4.62. The average molecular weight is 359 g/mol. The first-order valence-corrected chi connectivity index (χ1v) is 8.12. The molecule has 3 amide bonds. The molecule has 0 aliphatic rings. The Labute approximate surface area is 150 Å². The summed E-state index contributed by atoms with van der Waals surface area (Å²) in [5, 5.41) is 17.1. The number of carboxylic acids is 1. The Balaban J connectivity index is 1.93. The highest BCUT2D eigenvalue weighted by Crippen LogP contribution is 2.25. The van der Waals surface area contributed by atoms with Crippen LogP contribution in [-0.4, -0.2) is 29.6 Å². The topological polar surface area (TPSA) is 121 Å². The van der Waals surface area contributed by atoms with E-state index in [0.29, 0.717) is 11.3 Å². The molecule has 138 valence electrons. The summed E-state index contributed by atoms with van der Waals surface area (Å²) in [5.74, 6) is -1.20. The van der Waals surface area contributed by atoms with Crippen molar-refractivity contribution in [2.24, 2.45) is 0 Å². The molecule has 1 aromatic carbocycles. The van der Waals surface area contributed by atoms with Crippen LogP contribution in [0.3, 0.4) is 0 Å². The van der Waals surface area contributed by atoms with Crippen LogP contribution in [0.1, 0.15) is 24.7 Å². The molecule has 8 nitrogen and oxygen atoms in total. The van der Waals surface area contributed by atoms with Crippen LogP contribution in [0.4, 0.5) is 4.79 Å². The van der Waals surface area contributed by atoms with Crippen molar-refractivity contribution in [3.05, 3.63) is 60.1 Å². The minimum atomic E-state index is -1.55. The van der Waals surface area contributed by atoms with Gasteiger partial charge >= 0.3 is 12.0 Å². The Hall–Kier alpha value is -3.29. The van der Waals surface area contributed by atoms with E-state index in [4.69, 9.17) is 4.42 Å². The number of hydrogen-bond donors (Lipinski definition) is 4. The summed E-state index contributed by atoms with van der Waals surface area (Å²) in [6.45, 7) is 1.50. The molecule has 0 aliphatic heterocycles. The highest BCUT2D eigenvalue weighted by Gasteiger charge is 2.40. The summed E-state index contributed by atoms with van der Waals surface area (Å²) in [5.41, 5.74) is -1.09. The van der Waals surface area contributed by atoms with Crippen LogP contribution < -0.4 is 16.0 Å². The molecule has 0 bridgehead atoms. The van der Waals surface area contributed by atoms with Crippen molar-refractivity contribution in [2.45, 2.75) is 25.4 Å². The van der Waals surface area contributed by atoms with Crippen LogP contribution in [0.25, 0.3) is 0 Å². The van der Waals surface area contributed by atoms with Gasteiger partial charge in [0.05, 0.1) is 19.4 Å². The number of rotatable bonds is 8. The lowest BCUT2D eigenvalue weighted by molar-refractivity contribution is -0.148. The molecule has 1 unspecified atom stereocenters. The van der Waals surface area contributed by atoms with Gasteiger partial charge in [0, 0.05) is 0 Å². The van der Waals surface area contributed by atoms with Crippen molar-refractivity contribution < 1.29 is 23.9 Å². The predicted molar refractivity (Wildman–Crippen MR) is 93.1 cm³/mol. The molecule has 0 spiro atoms. The number of aliphatic carboxylic acids is 1. The number of hydrogen-bond acceptors (Lipinski definition) is 4. The van der Waals surface area contributed by atoms with Crippen LogP contribution in [0.5, 0.6) is 0 Å². The molecule has 2 rings (SSSR count). The van der Waals surface area contributed by atoms with Crippen molar-refractivity contribution in [1.82, 2.24) is 16.0 Å². The van der Waals surface area contributed by atoms with E-state index in [1.54, 1.807) is 49.4 Å². The summed E-state index contributed by atoms with van der Waals surface area (Å²) >= 11 is 0. The number of nitrogens with one attached hydrogen (secondary N) is 3. The second-order valence-corrected chi connectivity index (χ2v) is 5.59. The molecular weight excluding hydrogens is 338 g/mol. The van der Waals surface area contributed by atoms with Crippen molar-refractivity contribution in [2.75, 3.05) is 6.54 Å². The van der Waals surface area contributed by atoms with Crippen molar-refractivity contribution in [3.63, 3.8) is 0 Å². The van der Waals surface area contributed by atoms with Gasteiger partial charge in [0.1, 0.15) is 5.76 Å². The molecule has 8 heteroatoms. The van der Waals surface area contributed by atoms with Crippen molar-refractivity contribution in [1.29, 1.82) is 0 Å². The molecule has 0 fully saturated rings. The molecule has 26 heavy (non-hydrogen) atoms. The van der Waals surface area contributed by atoms with Gasteiger partial charge in [-0.15, -0.1) is 0 Å². The molecule has 0 radical (unpaired) electrons. The van der Waals surface area contributed by atoms with Crippen molar-refractivity contribution in [3.8, 4) is 0 Å². The van der Waals surface area contributed by atoms with Gasteiger partial charge in [-0.25, -0.2) is 9.59 Å². The first kappa shape index (κ1) is 19.0. The summed E-state index contributed by atoms with van der Waals surface area (Å²) in [6, 6.07) is 11.3. The molecule has 1 atom stereocenters. The summed E-state index contributed by atoms with van der Waals surface area (Å²) in [7, 11) is 0. The maximum Gasteiger partial charge on any atom is 0.334 e. The van der Waals surface area contributed by atoms with E-state index in [0.717, 1.165) is 0 Å². The second kappa shape index (κ2) is 8.70. The van der Waals surface area contributed by atoms with E-state index in [-0.39, 0.29) is 19.5 Å². The SMILES string of the molecule is CCC(NC(=O)CNC(=O)NCc1ccco1)(C(=O)O)c1ccccc1. The Bertz CT molecular complexity index is 745. The van der Waals surface area contributed by atoms with Gasteiger partial charge < -0.3 is 25.5 Å². The number of amides is 3. The van der Waals surface area contributed by atoms with Crippen molar-refractivity contribution >= 4 is 17.9 Å². The van der Waals surface area contributed by atoms with Gasteiger partial charge in [0.2, 0.25) is 5.91 Å². The maximum atomic E-state index is 12.2. The lowest BCUT2D eigenvalue weighted by Gasteiger charge is -2.30. The van der Waals surface area contributed by atoms with Gasteiger partial charge in [-0.05, 0) is 24.1 Å². The van der Waals surface area contributed by atoms with Gasteiger partial charge in [-0.1, -0.05) is 37.3 Å². The Morgan fingerprint density at radius 1 is 1.08 bits per heavy atom. The molecule has 2 aromatic rings. The normalized spacial score (nSPS) is 12.7. The molecule has 1 aromatic heterocycles. The van der Waals surface area contributed by atoms with E-state index < -0.39 is 23.4 Å². The predicted octanol–water partition coefficient (Wildman–Crippen LogP) is 1.59. The third-order valence-corrected chi connectivity index (χ3v) is 3.93. The minimum absolute atomic E-state index is 0.156. The van der Waals surface area contributed by atoms with Crippen LogP contribution >= 0.6 is 0 Å². The highest BCUT2D eigenvalue weighted by atomic mass is 16.4. The molecular formula is C18H21N3O5. The molecule has 4 N–H and O–H groups in total. The van der Waals surface area contributed by atoms with E-state index in [1.807, 2.05) is 0 Å². The zero-order chi connectivity index (χ0) is 19.0. The Morgan fingerprint density at radius 2 is 1.81 bits per heavy atom. The molecule has 0 aliphatic carbocycles. The number of carbonyl (C=O) groups excluding carboxylic acids is 2. The molecule has 1 heterocycles. The summed E-state index contributed by atoms with van der Waals surface area (Å²) < 4.78 is 5.08. The minimum Gasteiger partial charge on any atom is -0.479 e. The van der Waals surface area contributed by atoms with Gasteiger partial charge in [-0.2, -0.15) is 0 Å². The summed E-state index contributed by atoms with van der Waals surface area (Å²) in [4.78, 5) is 35.8. The summed E-state index contributed by atoms with van der Waals surface area (Å²) in [6.07, 6.45) is 1.64. The zero-order valence-electron chi connectivity index (χ0n) is 14.3. The lowest BCUT2D eigenvalue weighted by Crippen LogP contribution is -2.54. The van der Waals surface area contributed by atoms with Crippen LogP contribution in [0.15, 0.2) is 53.1 Å². The third-order valence-electron chi connectivity index (χ3n) is 3.93. The fourth-order valence-corrected chi connectivity index (χ4v) is 2.50. The second-order valence-electron chi connectivity index (χ2n) is 5.59. The molecule has 0 saturated heterocycles. The Morgan fingerprint density at radius 3 is 2.38 bits per heavy atom. The standard InChI is InChI=1S/C18H21N3O5/c1-2-18(16(23)24,13-7-4-3-5-8-13)21-15(22)12-20-17(25)19-11-14-9-6-10-26-14/h3-10H,2,11-12H2,1H3,(H,21,22)(H,23,24)(H2,19,20,25). The average Bonchev–Trinajstić information content (AvgIpc) is 3.17. The fraction of sp³-hybridized carbons (Fsp3) is 0.278. The smallest absolute Gasteiger partial charge is 0.334 e. The first-order valence-electron chi connectivity index (χ1n) is 8.12. The number of urea groups is 1. The largest absolute Gasteiger partial charge is 0.479 e. The van der Waals surface area contributed by atoms with E-state index in [1.165, 1.54) is 6.26 Å². The van der Waals surface area contributed by atoms with Crippen LogP contribution in [-0.2, 0) is 21.7 Å². The maximum absolute atomic E-state index is 12.2. The van der Waals surface area contributed by atoms with E-state index in [2.05, 4.69) is 16.0 Å². The number of benzene rings is 1. The molecule has 0 saturated carbocycles. The van der Waals surface area contributed by atoms with Gasteiger partial charge in [-0.3, -0.25) is 4.79 Å².